The standard InChI is InChI=1S/C42H47N7O4S/c1-7-28-22-30(43-16-17-49-18-20-52-21-19-49)26-31(23-28)45-39-27-32(14-15-44-39)53-38-13-12-35(33-10-8-9-11-34(33)38)46-41(50)47-36-24-29(42(2,3)4)25-37(48-54-6)40(36)51-5/h1,8-15,22-27,43,48H,16-21H2,2-6H3,(H,44,45)(H2,46,47,50). The smallest absolute Gasteiger partial charge is 0.323 e. The first-order valence-electron chi connectivity index (χ1n) is 17.8. The van der Waals surface area contributed by atoms with Crippen LogP contribution in [0, 0.1) is 12.3 Å². The average Bonchev–Trinajstić information content (AvgIpc) is 3.16. The molecule has 4 aromatic carbocycles. The molecule has 54 heavy (non-hydrogen) atoms. The molecule has 0 unspecified atom stereocenters. The van der Waals surface area contributed by atoms with Crippen LogP contribution in [0.3, 0.4) is 0 Å². The Balaban J connectivity index is 1.16. The van der Waals surface area contributed by atoms with Gasteiger partial charge in [-0.15, -0.1) is 6.42 Å². The van der Waals surface area contributed by atoms with Gasteiger partial charge in [-0.1, -0.05) is 62.9 Å². The van der Waals surface area contributed by atoms with Crippen LogP contribution < -0.4 is 35.5 Å². The SMILES string of the molecule is C#Cc1cc(NCCN2CCOCC2)cc(Nc2cc(Oc3ccc(NC(=O)Nc4cc(C(C)(C)C)cc(NSC)c4OC)c4ccccc34)ccn2)c1. The molecule has 280 valence electrons. The maximum Gasteiger partial charge on any atom is 0.323 e. The van der Waals surface area contributed by atoms with E-state index in [1.807, 2.05) is 79.1 Å². The number of ether oxygens (including phenoxy) is 3. The van der Waals surface area contributed by atoms with Gasteiger partial charge in [0.25, 0.3) is 0 Å². The molecule has 1 aliphatic heterocycles. The van der Waals surface area contributed by atoms with Crippen molar-refractivity contribution in [3.05, 3.63) is 96.2 Å². The molecule has 1 fully saturated rings. The maximum atomic E-state index is 13.5. The molecule has 1 aromatic heterocycles. The van der Waals surface area contributed by atoms with Gasteiger partial charge in [-0.25, -0.2) is 9.78 Å². The maximum absolute atomic E-state index is 13.5. The molecular formula is C42H47N7O4S. The van der Waals surface area contributed by atoms with E-state index < -0.39 is 6.03 Å². The lowest BCUT2D eigenvalue weighted by atomic mass is 9.86. The fourth-order valence-corrected chi connectivity index (χ4v) is 6.56. The van der Waals surface area contributed by atoms with Crippen molar-refractivity contribution in [2.24, 2.45) is 0 Å². The first-order chi connectivity index (χ1) is 26.1. The molecule has 0 aliphatic carbocycles. The Morgan fingerprint density at radius 3 is 2.43 bits per heavy atom. The van der Waals surface area contributed by atoms with Crippen LogP contribution in [-0.2, 0) is 10.2 Å². The van der Waals surface area contributed by atoms with Gasteiger partial charge in [0.2, 0.25) is 0 Å². The van der Waals surface area contributed by atoms with Crippen molar-refractivity contribution < 1.29 is 19.0 Å². The van der Waals surface area contributed by atoms with Crippen LogP contribution in [-0.4, -0.2) is 68.7 Å². The van der Waals surface area contributed by atoms with Crippen molar-refractivity contribution in [2.45, 2.75) is 26.2 Å². The van der Waals surface area contributed by atoms with Crippen molar-refractivity contribution in [3.63, 3.8) is 0 Å². The highest BCUT2D eigenvalue weighted by molar-refractivity contribution is 7.99. The molecule has 11 nitrogen and oxygen atoms in total. The predicted molar refractivity (Wildman–Crippen MR) is 223 cm³/mol. The summed E-state index contributed by atoms with van der Waals surface area (Å²) in [4.78, 5) is 20.4. The number of morpholine rings is 1. The summed E-state index contributed by atoms with van der Waals surface area (Å²) in [6.45, 7) is 11.5. The number of hydrogen-bond acceptors (Lipinski definition) is 10. The van der Waals surface area contributed by atoms with Crippen LogP contribution in [0.15, 0.2) is 85.1 Å². The summed E-state index contributed by atoms with van der Waals surface area (Å²) in [6.07, 6.45) is 9.43. The number of urea groups is 1. The minimum absolute atomic E-state index is 0.150. The van der Waals surface area contributed by atoms with Crippen LogP contribution in [0.1, 0.15) is 31.9 Å². The molecule has 0 bridgehead atoms. The molecule has 1 saturated heterocycles. The number of anilines is 6. The lowest BCUT2D eigenvalue weighted by Crippen LogP contribution is -2.39. The number of hydrogen-bond donors (Lipinski definition) is 5. The molecular weight excluding hydrogens is 699 g/mol. The zero-order valence-corrected chi connectivity index (χ0v) is 32.2. The summed E-state index contributed by atoms with van der Waals surface area (Å²) in [7, 11) is 1.59. The predicted octanol–water partition coefficient (Wildman–Crippen LogP) is 9.14. The van der Waals surface area contributed by atoms with Crippen molar-refractivity contribution in [3.8, 4) is 29.6 Å². The lowest BCUT2D eigenvalue weighted by Gasteiger charge is -2.26. The molecule has 2 heterocycles. The van der Waals surface area contributed by atoms with E-state index >= 15 is 0 Å². The highest BCUT2D eigenvalue weighted by atomic mass is 32.2. The van der Waals surface area contributed by atoms with Crippen LogP contribution in [0.2, 0.25) is 0 Å². The molecule has 6 rings (SSSR count). The number of pyridine rings is 1. The van der Waals surface area contributed by atoms with E-state index in [4.69, 9.17) is 20.6 Å². The number of amides is 2. The average molecular weight is 746 g/mol. The van der Waals surface area contributed by atoms with Crippen molar-refractivity contribution in [1.29, 1.82) is 0 Å². The zero-order chi connectivity index (χ0) is 38.1. The zero-order valence-electron chi connectivity index (χ0n) is 31.3. The number of carbonyl (C=O) groups is 1. The Morgan fingerprint density at radius 2 is 1.69 bits per heavy atom. The number of carbonyl (C=O) groups excluding carboxylic acids is 1. The Hall–Kier alpha value is -5.61. The Labute approximate surface area is 321 Å². The third kappa shape index (κ3) is 9.68. The highest BCUT2D eigenvalue weighted by Gasteiger charge is 2.21. The van der Waals surface area contributed by atoms with Gasteiger partial charge in [-0.2, -0.15) is 0 Å². The van der Waals surface area contributed by atoms with E-state index in [2.05, 4.69) is 62.6 Å². The highest BCUT2D eigenvalue weighted by Crippen LogP contribution is 2.40. The van der Waals surface area contributed by atoms with Gasteiger partial charge in [-0.05, 0) is 59.5 Å². The van der Waals surface area contributed by atoms with E-state index in [0.717, 1.165) is 78.4 Å². The first-order valence-corrected chi connectivity index (χ1v) is 19.0. The summed E-state index contributed by atoms with van der Waals surface area (Å²) >= 11 is 1.46. The fourth-order valence-electron chi connectivity index (χ4n) is 6.19. The van der Waals surface area contributed by atoms with Crippen LogP contribution in [0.25, 0.3) is 10.8 Å². The minimum atomic E-state index is -0.400. The molecule has 0 atom stereocenters. The third-order valence-electron chi connectivity index (χ3n) is 8.94. The number of nitrogens with one attached hydrogen (secondary N) is 5. The topological polar surface area (TPSA) is 121 Å². The molecule has 5 N–H and O–H groups in total. The molecule has 2 amide bonds. The van der Waals surface area contributed by atoms with Gasteiger partial charge in [0.05, 0.1) is 37.4 Å². The van der Waals surface area contributed by atoms with Crippen molar-refractivity contribution >= 4 is 63.0 Å². The van der Waals surface area contributed by atoms with Crippen LogP contribution in [0.4, 0.5) is 39.0 Å². The van der Waals surface area contributed by atoms with E-state index in [-0.39, 0.29) is 5.41 Å². The van der Waals surface area contributed by atoms with Crippen LogP contribution >= 0.6 is 11.9 Å². The second-order valence-electron chi connectivity index (χ2n) is 13.8. The van der Waals surface area contributed by atoms with Gasteiger partial charge in [0.1, 0.15) is 17.3 Å². The second kappa shape index (κ2) is 17.5. The molecule has 12 heteroatoms. The Kier molecular flexibility index (Phi) is 12.3. The Bertz CT molecular complexity index is 2140. The summed E-state index contributed by atoms with van der Waals surface area (Å²) in [5.74, 6) is 5.12. The van der Waals surface area contributed by atoms with Crippen molar-refractivity contribution in [2.75, 3.05) is 78.7 Å². The van der Waals surface area contributed by atoms with Crippen molar-refractivity contribution in [1.82, 2.24) is 9.88 Å². The number of terminal acetylenes is 1. The molecule has 0 saturated carbocycles. The number of nitrogens with zero attached hydrogens (tertiary/aromatic N) is 2. The summed E-state index contributed by atoms with van der Waals surface area (Å²) in [5, 5.41) is 14.6. The third-order valence-corrected chi connectivity index (χ3v) is 9.37. The molecule has 1 aliphatic rings. The number of fused-ring (bicyclic) bond motifs is 1. The van der Waals surface area contributed by atoms with Gasteiger partial charge >= 0.3 is 6.03 Å². The summed E-state index contributed by atoms with van der Waals surface area (Å²) < 4.78 is 20.9. The number of benzene rings is 4. The minimum Gasteiger partial charge on any atom is -0.492 e. The largest absolute Gasteiger partial charge is 0.492 e. The molecule has 0 spiro atoms. The Morgan fingerprint density at radius 1 is 0.944 bits per heavy atom. The summed E-state index contributed by atoms with van der Waals surface area (Å²) in [6, 6.07) is 24.6. The molecule has 5 aromatic rings. The van der Waals surface area contributed by atoms with Gasteiger partial charge < -0.3 is 40.2 Å². The van der Waals surface area contributed by atoms with E-state index in [1.54, 1.807) is 19.4 Å². The van der Waals surface area contributed by atoms with Gasteiger partial charge in [0.15, 0.2) is 5.75 Å². The van der Waals surface area contributed by atoms with E-state index in [9.17, 15) is 4.79 Å². The van der Waals surface area contributed by atoms with Crippen LogP contribution in [0.5, 0.6) is 17.2 Å². The number of rotatable bonds is 13. The van der Waals surface area contributed by atoms with E-state index in [0.29, 0.717) is 34.4 Å². The number of aromatic nitrogens is 1. The van der Waals surface area contributed by atoms with Gasteiger partial charge in [0, 0.05) is 72.4 Å². The molecule has 0 radical (unpaired) electrons. The summed E-state index contributed by atoms with van der Waals surface area (Å²) in [5.41, 5.74) is 5.37. The quantitative estimate of drug-likeness (QED) is 0.0590. The lowest BCUT2D eigenvalue weighted by molar-refractivity contribution is 0.0398. The normalized spacial score (nSPS) is 13.1. The monoisotopic (exact) mass is 745 g/mol. The van der Waals surface area contributed by atoms with E-state index in [1.165, 1.54) is 11.9 Å². The van der Waals surface area contributed by atoms with Gasteiger partial charge in [-0.3, -0.25) is 4.90 Å². The first kappa shape index (κ1) is 38.1. The fraction of sp³-hybridized carbons (Fsp3) is 0.286. The second-order valence-corrected chi connectivity index (χ2v) is 14.4. The number of methoxy groups -OCH3 is 1.